The minimum Gasteiger partial charge on any atom is -0.327 e. The van der Waals surface area contributed by atoms with Gasteiger partial charge in [0.2, 0.25) is 0 Å². The lowest BCUT2D eigenvalue weighted by molar-refractivity contribution is -0.125. The first kappa shape index (κ1) is 14.0. The highest BCUT2D eigenvalue weighted by molar-refractivity contribution is 5.82. The Balaban J connectivity index is 1.63. The van der Waals surface area contributed by atoms with Crippen LogP contribution in [-0.4, -0.2) is 11.8 Å². The third kappa shape index (κ3) is 3.14. The van der Waals surface area contributed by atoms with Gasteiger partial charge in [0.1, 0.15) is 5.78 Å². The first-order valence-electron chi connectivity index (χ1n) is 8.02. The summed E-state index contributed by atoms with van der Waals surface area (Å²) in [5.74, 6) is 2.00. The van der Waals surface area contributed by atoms with Gasteiger partial charge in [-0.05, 0) is 37.5 Å². The number of carbonyl (C=O) groups is 1. The van der Waals surface area contributed by atoms with E-state index in [1.165, 1.54) is 51.4 Å². The Labute approximate surface area is 112 Å². The van der Waals surface area contributed by atoms with E-state index in [4.69, 9.17) is 5.73 Å². The van der Waals surface area contributed by atoms with Crippen molar-refractivity contribution in [1.29, 1.82) is 0 Å². The minimum atomic E-state index is 0.191. The van der Waals surface area contributed by atoms with Gasteiger partial charge in [-0.2, -0.15) is 0 Å². The van der Waals surface area contributed by atoms with E-state index in [0.29, 0.717) is 17.6 Å². The first-order chi connectivity index (χ1) is 8.74. The predicted octanol–water partition coefficient (Wildman–Crippen LogP) is 3.68. The van der Waals surface area contributed by atoms with Crippen molar-refractivity contribution in [3.05, 3.63) is 0 Å². The molecule has 2 N–H and O–H groups in total. The van der Waals surface area contributed by atoms with E-state index >= 15 is 0 Å². The van der Waals surface area contributed by atoms with E-state index < -0.39 is 0 Å². The Bertz CT molecular complexity index is 274. The smallest absolute Gasteiger partial charge is 0.137 e. The molecule has 104 valence electrons. The quantitative estimate of drug-likeness (QED) is 0.669. The summed E-state index contributed by atoms with van der Waals surface area (Å²) in [7, 11) is 0. The molecule has 0 heterocycles. The van der Waals surface area contributed by atoms with Crippen LogP contribution in [0.15, 0.2) is 0 Å². The van der Waals surface area contributed by atoms with Gasteiger partial charge in [0.05, 0.1) is 0 Å². The van der Waals surface area contributed by atoms with Crippen LogP contribution in [0.4, 0.5) is 0 Å². The lowest BCUT2D eigenvalue weighted by Gasteiger charge is -2.26. The topological polar surface area (TPSA) is 43.1 Å². The van der Waals surface area contributed by atoms with E-state index in [1.54, 1.807) is 0 Å². The van der Waals surface area contributed by atoms with Crippen LogP contribution in [0, 0.1) is 17.8 Å². The maximum absolute atomic E-state index is 12.3. The molecule has 2 aliphatic rings. The molecule has 2 nitrogen and oxygen atoms in total. The summed E-state index contributed by atoms with van der Waals surface area (Å²) in [5.41, 5.74) is 6.21. The molecule has 2 bridgehead atoms. The highest BCUT2D eigenvalue weighted by atomic mass is 16.1. The maximum atomic E-state index is 12.3. The third-order valence-corrected chi connectivity index (χ3v) is 5.13. The fourth-order valence-electron chi connectivity index (χ4n) is 4.06. The maximum Gasteiger partial charge on any atom is 0.137 e. The fourth-order valence-corrected chi connectivity index (χ4v) is 4.06. The van der Waals surface area contributed by atoms with Crippen molar-refractivity contribution in [3.63, 3.8) is 0 Å². The highest BCUT2D eigenvalue weighted by Gasteiger charge is 2.48. The van der Waals surface area contributed by atoms with Crippen molar-refractivity contribution >= 4 is 5.78 Å². The van der Waals surface area contributed by atoms with Gasteiger partial charge >= 0.3 is 0 Å². The summed E-state index contributed by atoms with van der Waals surface area (Å²) in [6, 6.07) is 0.191. The van der Waals surface area contributed by atoms with Crippen molar-refractivity contribution < 1.29 is 4.79 Å². The highest BCUT2D eigenvalue weighted by Crippen LogP contribution is 2.48. The number of hydrogen-bond donors (Lipinski definition) is 1. The van der Waals surface area contributed by atoms with E-state index in [1.807, 2.05) is 0 Å². The fraction of sp³-hybridized carbons (Fsp3) is 0.938. The molecular weight excluding hydrogens is 222 g/mol. The Kier molecular flexibility index (Phi) is 5.23. The number of fused-ring (bicyclic) bond motifs is 2. The molecule has 0 radical (unpaired) electrons. The predicted molar refractivity (Wildman–Crippen MR) is 75.3 cm³/mol. The molecule has 0 aromatic rings. The molecule has 2 heteroatoms. The number of nitrogens with two attached hydrogens (primary N) is 1. The van der Waals surface area contributed by atoms with Gasteiger partial charge in [0.25, 0.3) is 0 Å². The zero-order valence-corrected chi connectivity index (χ0v) is 11.9. The summed E-state index contributed by atoms with van der Waals surface area (Å²) in [6.45, 7) is 2.24. The Morgan fingerprint density at radius 3 is 2.39 bits per heavy atom. The molecule has 0 aliphatic heterocycles. The molecule has 0 spiro atoms. The van der Waals surface area contributed by atoms with E-state index in [2.05, 4.69) is 6.92 Å². The molecule has 4 unspecified atom stereocenters. The second kappa shape index (κ2) is 6.70. The van der Waals surface area contributed by atoms with Crippen LogP contribution >= 0.6 is 0 Å². The van der Waals surface area contributed by atoms with Crippen LogP contribution in [0.3, 0.4) is 0 Å². The number of ketones is 1. The van der Waals surface area contributed by atoms with Crippen molar-refractivity contribution in [2.75, 3.05) is 0 Å². The van der Waals surface area contributed by atoms with Gasteiger partial charge in [0, 0.05) is 18.4 Å². The van der Waals surface area contributed by atoms with Crippen LogP contribution in [0.2, 0.25) is 0 Å². The number of unbranched alkanes of at least 4 members (excludes halogenated alkanes) is 5. The van der Waals surface area contributed by atoms with Crippen molar-refractivity contribution in [2.24, 2.45) is 23.5 Å². The second-order valence-corrected chi connectivity index (χ2v) is 6.42. The monoisotopic (exact) mass is 251 g/mol. The Morgan fingerprint density at radius 2 is 1.72 bits per heavy atom. The molecule has 2 rings (SSSR count). The molecule has 2 fully saturated rings. The molecule has 4 atom stereocenters. The molecule has 18 heavy (non-hydrogen) atoms. The Morgan fingerprint density at radius 1 is 1.06 bits per heavy atom. The van der Waals surface area contributed by atoms with Gasteiger partial charge in [-0.15, -0.1) is 0 Å². The van der Waals surface area contributed by atoms with Crippen LogP contribution in [-0.2, 0) is 4.79 Å². The molecule has 0 amide bonds. The average molecular weight is 251 g/mol. The number of Topliss-reactive ketones (excluding diaryl/α,β-unsaturated/α-hetero) is 1. The second-order valence-electron chi connectivity index (χ2n) is 6.42. The average Bonchev–Trinajstić information content (AvgIpc) is 2.94. The molecule has 2 saturated carbocycles. The summed E-state index contributed by atoms with van der Waals surface area (Å²) in [6.07, 6.45) is 12.1. The molecular formula is C16H29NO. The number of carbonyl (C=O) groups excluding carboxylic acids is 1. The van der Waals surface area contributed by atoms with Gasteiger partial charge in [0.15, 0.2) is 0 Å². The molecule has 2 aliphatic carbocycles. The van der Waals surface area contributed by atoms with Crippen LogP contribution < -0.4 is 5.73 Å². The number of hydrogen-bond acceptors (Lipinski definition) is 2. The first-order valence-corrected chi connectivity index (χ1v) is 8.02. The largest absolute Gasteiger partial charge is 0.327 e. The van der Waals surface area contributed by atoms with E-state index in [0.717, 1.165) is 12.8 Å². The van der Waals surface area contributed by atoms with Crippen molar-refractivity contribution in [1.82, 2.24) is 0 Å². The van der Waals surface area contributed by atoms with Crippen molar-refractivity contribution in [2.45, 2.75) is 77.2 Å². The zero-order chi connectivity index (χ0) is 13.0. The number of rotatable bonds is 8. The normalized spacial score (nSPS) is 34.1. The van der Waals surface area contributed by atoms with Crippen LogP contribution in [0.25, 0.3) is 0 Å². The lowest BCUT2D eigenvalue weighted by Crippen LogP contribution is -2.40. The minimum absolute atomic E-state index is 0.191. The summed E-state index contributed by atoms with van der Waals surface area (Å²) < 4.78 is 0. The van der Waals surface area contributed by atoms with Crippen molar-refractivity contribution in [3.8, 4) is 0 Å². The zero-order valence-electron chi connectivity index (χ0n) is 11.9. The van der Waals surface area contributed by atoms with Crippen LogP contribution in [0.5, 0.6) is 0 Å². The summed E-state index contributed by atoms with van der Waals surface area (Å²) in [4.78, 5) is 12.3. The van der Waals surface area contributed by atoms with Gasteiger partial charge in [-0.25, -0.2) is 0 Å². The standard InChI is InChI=1S/C16H29NO/c1-2-3-4-5-6-7-8-14(18)15-12-9-10-13(11-12)16(15)17/h12-13,15-16H,2-11,17H2,1H3. The molecule has 0 aromatic carbocycles. The van der Waals surface area contributed by atoms with E-state index in [-0.39, 0.29) is 12.0 Å². The van der Waals surface area contributed by atoms with Crippen LogP contribution in [0.1, 0.15) is 71.1 Å². The molecule has 0 saturated heterocycles. The molecule has 0 aromatic heterocycles. The van der Waals surface area contributed by atoms with E-state index in [9.17, 15) is 4.79 Å². The van der Waals surface area contributed by atoms with Gasteiger partial charge < -0.3 is 5.73 Å². The van der Waals surface area contributed by atoms with Gasteiger partial charge in [-0.3, -0.25) is 4.79 Å². The Hall–Kier alpha value is -0.370. The third-order valence-electron chi connectivity index (χ3n) is 5.13. The SMILES string of the molecule is CCCCCCCCC(=O)C1C2CCC(C2)C1N. The lowest BCUT2D eigenvalue weighted by atomic mass is 9.81. The summed E-state index contributed by atoms with van der Waals surface area (Å²) in [5, 5.41) is 0. The summed E-state index contributed by atoms with van der Waals surface area (Å²) >= 11 is 0. The van der Waals surface area contributed by atoms with Gasteiger partial charge in [-0.1, -0.05) is 39.0 Å².